The minimum absolute atomic E-state index is 0.655. The predicted octanol–water partition coefficient (Wildman–Crippen LogP) is 3.83. The highest BCUT2D eigenvalue weighted by molar-refractivity contribution is 5.09. The van der Waals surface area contributed by atoms with Gasteiger partial charge in [0.25, 0.3) is 0 Å². The van der Waals surface area contributed by atoms with Gasteiger partial charge in [-0.3, -0.25) is 4.68 Å². The van der Waals surface area contributed by atoms with E-state index in [4.69, 9.17) is 0 Å². The third kappa shape index (κ3) is 4.06. The molecule has 0 aliphatic heterocycles. The molecule has 2 heteroatoms. The standard InChI is InChI=1S/C13H24N2/c1-5-6-12(4)13-9-14-15(10-13)8-7-11(2)3/h9-12H,5-8H2,1-4H3. The van der Waals surface area contributed by atoms with E-state index in [1.807, 2.05) is 6.20 Å². The molecule has 0 bridgehead atoms. The Balaban J connectivity index is 2.48. The lowest BCUT2D eigenvalue weighted by atomic mass is 10.0. The number of aryl methyl sites for hydroxylation is 1. The topological polar surface area (TPSA) is 17.8 Å². The maximum Gasteiger partial charge on any atom is 0.0524 e. The van der Waals surface area contributed by atoms with Crippen LogP contribution in [0.4, 0.5) is 0 Å². The minimum Gasteiger partial charge on any atom is -0.272 e. The van der Waals surface area contributed by atoms with Crippen LogP contribution in [0.15, 0.2) is 12.4 Å². The van der Waals surface area contributed by atoms with E-state index in [0.29, 0.717) is 5.92 Å². The normalized spacial score (nSPS) is 13.4. The van der Waals surface area contributed by atoms with Crippen LogP contribution in [-0.4, -0.2) is 9.78 Å². The first-order chi connectivity index (χ1) is 7.13. The van der Waals surface area contributed by atoms with Crippen molar-refractivity contribution < 1.29 is 0 Å². The van der Waals surface area contributed by atoms with Gasteiger partial charge in [-0.25, -0.2) is 0 Å². The number of aromatic nitrogens is 2. The van der Waals surface area contributed by atoms with Gasteiger partial charge in [0.1, 0.15) is 0 Å². The molecule has 1 aromatic rings. The molecule has 1 aromatic heterocycles. The summed E-state index contributed by atoms with van der Waals surface area (Å²) in [5.41, 5.74) is 1.39. The molecule has 0 radical (unpaired) electrons. The zero-order valence-electron chi connectivity index (χ0n) is 10.5. The molecule has 1 unspecified atom stereocenters. The zero-order chi connectivity index (χ0) is 11.3. The van der Waals surface area contributed by atoms with Gasteiger partial charge in [-0.05, 0) is 30.2 Å². The smallest absolute Gasteiger partial charge is 0.0524 e. The summed E-state index contributed by atoms with van der Waals surface area (Å²) in [4.78, 5) is 0. The van der Waals surface area contributed by atoms with Crippen LogP contribution < -0.4 is 0 Å². The summed E-state index contributed by atoms with van der Waals surface area (Å²) in [6.07, 6.45) is 7.96. The summed E-state index contributed by atoms with van der Waals surface area (Å²) < 4.78 is 2.08. The Bertz CT molecular complexity index is 276. The van der Waals surface area contributed by atoms with Gasteiger partial charge in [-0.15, -0.1) is 0 Å². The molecule has 0 fully saturated rings. The molecular formula is C13H24N2. The van der Waals surface area contributed by atoms with Crippen LogP contribution in [0.25, 0.3) is 0 Å². The summed E-state index contributed by atoms with van der Waals surface area (Å²) in [6.45, 7) is 10.1. The van der Waals surface area contributed by atoms with Crippen molar-refractivity contribution in [3.63, 3.8) is 0 Å². The summed E-state index contributed by atoms with van der Waals surface area (Å²) in [7, 11) is 0. The molecule has 15 heavy (non-hydrogen) atoms. The maximum absolute atomic E-state index is 4.41. The van der Waals surface area contributed by atoms with Crippen molar-refractivity contribution in [2.75, 3.05) is 0 Å². The highest BCUT2D eigenvalue weighted by Crippen LogP contribution is 2.19. The van der Waals surface area contributed by atoms with Gasteiger partial charge in [0.15, 0.2) is 0 Å². The average molecular weight is 208 g/mol. The second-order valence-electron chi connectivity index (χ2n) is 4.91. The van der Waals surface area contributed by atoms with Crippen LogP contribution in [0.2, 0.25) is 0 Å². The largest absolute Gasteiger partial charge is 0.272 e. The van der Waals surface area contributed by atoms with Crippen LogP contribution in [0.5, 0.6) is 0 Å². The Morgan fingerprint density at radius 3 is 2.60 bits per heavy atom. The summed E-state index contributed by atoms with van der Waals surface area (Å²) >= 11 is 0. The lowest BCUT2D eigenvalue weighted by molar-refractivity contribution is 0.486. The van der Waals surface area contributed by atoms with E-state index >= 15 is 0 Å². The highest BCUT2D eigenvalue weighted by atomic mass is 15.3. The number of nitrogens with zero attached hydrogens (tertiary/aromatic N) is 2. The number of rotatable bonds is 6. The first kappa shape index (κ1) is 12.3. The van der Waals surface area contributed by atoms with E-state index in [2.05, 4.69) is 43.7 Å². The Morgan fingerprint density at radius 2 is 2.00 bits per heavy atom. The molecule has 2 nitrogen and oxygen atoms in total. The fourth-order valence-electron chi connectivity index (χ4n) is 1.75. The van der Waals surface area contributed by atoms with Crippen molar-refractivity contribution in [1.29, 1.82) is 0 Å². The van der Waals surface area contributed by atoms with Gasteiger partial charge in [-0.2, -0.15) is 5.10 Å². The molecule has 0 amide bonds. The molecule has 1 rings (SSSR count). The lowest BCUT2D eigenvalue weighted by Crippen LogP contribution is -2.01. The molecule has 0 aliphatic carbocycles. The monoisotopic (exact) mass is 208 g/mol. The molecule has 0 aromatic carbocycles. The summed E-state index contributed by atoms with van der Waals surface area (Å²) in [6, 6.07) is 0. The summed E-state index contributed by atoms with van der Waals surface area (Å²) in [5, 5.41) is 4.41. The van der Waals surface area contributed by atoms with Gasteiger partial charge in [0.05, 0.1) is 6.20 Å². The molecule has 0 spiro atoms. The van der Waals surface area contributed by atoms with Gasteiger partial charge in [0, 0.05) is 12.7 Å². The third-order valence-electron chi connectivity index (χ3n) is 2.88. The first-order valence-corrected chi connectivity index (χ1v) is 6.15. The van der Waals surface area contributed by atoms with Crippen molar-refractivity contribution in [3.05, 3.63) is 18.0 Å². The van der Waals surface area contributed by atoms with E-state index in [-0.39, 0.29) is 0 Å². The van der Waals surface area contributed by atoms with Gasteiger partial charge in [-0.1, -0.05) is 34.1 Å². The van der Waals surface area contributed by atoms with E-state index in [0.717, 1.165) is 12.5 Å². The Morgan fingerprint density at radius 1 is 1.27 bits per heavy atom. The van der Waals surface area contributed by atoms with Crippen LogP contribution >= 0.6 is 0 Å². The quantitative estimate of drug-likeness (QED) is 0.694. The Hall–Kier alpha value is -0.790. The molecule has 0 N–H and O–H groups in total. The Kier molecular flexibility index (Phi) is 4.86. The minimum atomic E-state index is 0.655. The average Bonchev–Trinajstić information content (AvgIpc) is 2.63. The second kappa shape index (κ2) is 5.94. The van der Waals surface area contributed by atoms with E-state index < -0.39 is 0 Å². The molecule has 1 heterocycles. The molecular weight excluding hydrogens is 184 g/mol. The van der Waals surface area contributed by atoms with E-state index in [1.165, 1.54) is 24.8 Å². The van der Waals surface area contributed by atoms with Crippen LogP contribution in [0.1, 0.15) is 58.4 Å². The van der Waals surface area contributed by atoms with Gasteiger partial charge >= 0.3 is 0 Å². The fraction of sp³-hybridized carbons (Fsp3) is 0.769. The molecule has 0 saturated carbocycles. The van der Waals surface area contributed by atoms with Crippen LogP contribution in [-0.2, 0) is 6.54 Å². The van der Waals surface area contributed by atoms with Crippen molar-refractivity contribution in [3.8, 4) is 0 Å². The molecule has 0 aliphatic rings. The fourth-order valence-corrected chi connectivity index (χ4v) is 1.75. The van der Waals surface area contributed by atoms with Crippen LogP contribution in [0.3, 0.4) is 0 Å². The van der Waals surface area contributed by atoms with Crippen molar-refractivity contribution in [1.82, 2.24) is 9.78 Å². The lowest BCUT2D eigenvalue weighted by Gasteiger charge is -2.06. The first-order valence-electron chi connectivity index (χ1n) is 6.15. The molecule has 86 valence electrons. The van der Waals surface area contributed by atoms with Gasteiger partial charge in [0.2, 0.25) is 0 Å². The van der Waals surface area contributed by atoms with E-state index in [1.54, 1.807) is 0 Å². The SMILES string of the molecule is CCCC(C)c1cnn(CCC(C)C)c1. The third-order valence-corrected chi connectivity index (χ3v) is 2.88. The molecule has 1 atom stereocenters. The van der Waals surface area contributed by atoms with Crippen LogP contribution in [0, 0.1) is 5.92 Å². The number of hydrogen-bond acceptors (Lipinski definition) is 1. The number of hydrogen-bond donors (Lipinski definition) is 0. The van der Waals surface area contributed by atoms with Crippen molar-refractivity contribution >= 4 is 0 Å². The van der Waals surface area contributed by atoms with Crippen molar-refractivity contribution in [2.24, 2.45) is 5.92 Å². The highest BCUT2D eigenvalue weighted by Gasteiger charge is 2.07. The second-order valence-corrected chi connectivity index (χ2v) is 4.91. The maximum atomic E-state index is 4.41. The van der Waals surface area contributed by atoms with Gasteiger partial charge < -0.3 is 0 Å². The van der Waals surface area contributed by atoms with Crippen molar-refractivity contribution in [2.45, 2.75) is 59.4 Å². The molecule has 0 saturated heterocycles. The summed E-state index contributed by atoms with van der Waals surface area (Å²) in [5.74, 6) is 1.41. The Labute approximate surface area is 93.7 Å². The zero-order valence-corrected chi connectivity index (χ0v) is 10.5. The van der Waals surface area contributed by atoms with E-state index in [9.17, 15) is 0 Å². The predicted molar refractivity (Wildman–Crippen MR) is 65.0 cm³/mol.